The van der Waals surface area contributed by atoms with Gasteiger partial charge in [-0.15, -0.1) is 11.3 Å². The van der Waals surface area contributed by atoms with Crippen LogP contribution in [0.5, 0.6) is 0 Å². The van der Waals surface area contributed by atoms with E-state index in [0.29, 0.717) is 11.7 Å². The minimum absolute atomic E-state index is 0.106. The first-order valence-corrected chi connectivity index (χ1v) is 7.83. The van der Waals surface area contributed by atoms with Crippen molar-refractivity contribution < 1.29 is 13.8 Å². The Hall–Kier alpha value is -0.570. The number of hydrogen-bond acceptors (Lipinski definition) is 6. The van der Waals surface area contributed by atoms with Crippen molar-refractivity contribution in [2.24, 2.45) is 0 Å². The summed E-state index contributed by atoms with van der Waals surface area (Å²) in [5, 5.41) is 12.5. The average molecular weight is 337 g/mol. The second kappa shape index (κ2) is 5.85. The van der Waals surface area contributed by atoms with Gasteiger partial charge in [0.15, 0.2) is 0 Å². The maximum absolute atomic E-state index is 11.4. The van der Waals surface area contributed by atoms with Crippen molar-refractivity contribution in [2.75, 3.05) is 12.4 Å². The number of halogens is 1. The summed E-state index contributed by atoms with van der Waals surface area (Å²) in [6.45, 7) is -0.106. The van der Waals surface area contributed by atoms with Crippen molar-refractivity contribution in [1.29, 1.82) is 0 Å². The Morgan fingerprint density at radius 1 is 1.53 bits per heavy atom. The third kappa shape index (κ3) is 3.44. The van der Waals surface area contributed by atoms with Crippen molar-refractivity contribution in [2.45, 2.75) is 5.75 Å². The zero-order chi connectivity index (χ0) is 12.3. The lowest BCUT2D eigenvalue weighted by atomic mass is 10.4. The maximum Gasteiger partial charge on any atom is 0.239 e. The molecule has 0 aliphatic carbocycles. The van der Waals surface area contributed by atoms with Gasteiger partial charge < -0.3 is 9.63 Å². The van der Waals surface area contributed by atoms with E-state index in [1.165, 1.54) is 11.3 Å². The smallest absolute Gasteiger partial charge is 0.239 e. The standard InChI is InChI=1S/C9H9BrN2O3S2/c10-7-2-1-6(16-7)9-11-8(15-12-9)5-17(14)4-3-13/h1-2,13H,3-5H2. The van der Waals surface area contributed by atoms with Crippen molar-refractivity contribution >= 4 is 38.1 Å². The van der Waals surface area contributed by atoms with Crippen molar-refractivity contribution in [3.05, 3.63) is 21.8 Å². The Balaban J connectivity index is 2.08. The molecule has 0 bridgehead atoms. The molecule has 8 heteroatoms. The summed E-state index contributed by atoms with van der Waals surface area (Å²) in [6.07, 6.45) is 0. The van der Waals surface area contributed by atoms with E-state index in [1.54, 1.807) is 0 Å². The van der Waals surface area contributed by atoms with E-state index in [9.17, 15) is 4.21 Å². The van der Waals surface area contributed by atoms with E-state index < -0.39 is 10.8 Å². The van der Waals surface area contributed by atoms with Crippen LogP contribution in [0.15, 0.2) is 20.4 Å². The van der Waals surface area contributed by atoms with Crippen LogP contribution in [0.3, 0.4) is 0 Å². The predicted molar refractivity (Wildman–Crippen MR) is 69.1 cm³/mol. The van der Waals surface area contributed by atoms with Crippen LogP contribution in [0.1, 0.15) is 5.89 Å². The van der Waals surface area contributed by atoms with Gasteiger partial charge in [0.2, 0.25) is 11.7 Å². The van der Waals surface area contributed by atoms with E-state index in [-0.39, 0.29) is 18.1 Å². The van der Waals surface area contributed by atoms with E-state index in [0.717, 1.165) is 8.66 Å². The topological polar surface area (TPSA) is 76.2 Å². The molecule has 5 nitrogen and oxygen atoms in total. The van der Waals surface area contributed by atoms with Gasteiger partial charge in [-0.25, -0.2) is 0 Å². The highest BCUT2D eigenvalue weighted by Gasteiger charge is 2.12. The molecule has 1 unspecified atom stereocenters. The zero-order valence-corrected chi connectivity index (χ0v) is 11.8. The largest absolute Gasteiger partial charge is 0.395 e. The maximum atomic E-state index is 11.4. The molecule has 0 radical (unpaired) electrons. The summed E-state index contributed by atoms with van der Waals surface area (Å²) < 4.78 is 17.4. The molecule has 1 atom stereocenters. The Morgan fingerprint density at radius 3 is 3.00 bits per heavy atom. The molecular weight excluding hydrogens is 328 g/mol. The second-order valence-corrected chi connectivity index (χ2v) is 7.17. The summed E-state index contributed by atoms with van der Waals surface area (Å²) >= 11 is 4.85. The Morgan fingerprint density at radius 2 is 2.35 bits per heavy atom. The molecule has 0 aliphatic heterocycles. The number of thiophene rings is 1. The van der Waals surface area contributed by atoms with Crippen LogP contribution in [-0.4, -0.2) is 31.8 Å². The van der Waals surface area contributed by atoms with Crippen LogP contribution in [0.25, 0.3) is 10.7 Å². The molecule has 1 N–H and O–H groups in total. The fraction of sp³-hybridized carbons (Fsp3) is 0.333. The van der Waals surface area contributed by atoms with Gasteiger partial charge in [0.05, 0.1) is 15.3 Å². The molecule has 0 saturated carbocycles. The quantitative estimate of drug-likeness (QED) is 0.900. The molecule has 0 fully saturated rings. The van der Waals surface area contributed by atoms with Crippen LogP contribution < -0.4 is 0 Å². The van der Waals surface area contributed by atoms with E-state index in [2.05, 4.69) is 26.1 Å². The van der Waals surface area contributed by atoms with Crippen molar-refractivity contribution in [3.63, 3.8) is 0 Å². The monoisotopic (exact) mass is 336 g/mol. The second-order valence-electron chi connectivity index (χ2n) is 3.13. The van der Waals surface area contributed by atoms with Gasteiger partial charge in [0, 0.05) is 16.6 Å². The third-order valence-electron chi connectivity index (χ3n) is 1.87. The van der Waals surface area contributed by atoms with Crippen LogP contribution in [0.4, 0.5) is 0 Å². The van der Waals surface area contributed by atoms with E-state index in [1.807, 2.05) is 12.1 Å². The molecule has 0 saturated heterocycles. The molecular formula is C9H9BrN2O3S2. The SMILES string of the molecule is O=S(CCO)Cc1nc(-c2ccc(Br)s2)no1. The first-order chi connectivity index (χ1) is 8.19. The minimum Gasteiger partial charge on any atom is -0.395 e. The van der Waals surface area contributed by atoms with Gasteiger partial charge in [-0.1, -0.05) is 5.16 Å². The van der Waals surface area contributed by atoms with Crippen molar-refractivity contribution in [3.8, 4) is 10.7 Å². The minimum atomic E-state index is -1.16. The molecule has 0 aliphatic rings. The van der Waals surface area contributed by atoms with Gasteiger partial charge in [0.25, 0.3) is 0 Å². The Labute approximate surface area is 112 Å². The van der Waals surface area contributed by atoms with Crippen LogP contribution >= 0.6 is 27.3 Å². The lowest BCUT2D eigenvalue weighted by Gasteiger charge is -1.93. The molecule has 2 aromatic heterocycles. The molecule has 2 aromatic rings. The van der Waals surface area contributed by atoms with Gasteiger partial charge in [0.1, 0.15) is 5.75 Å². The number of aromatic nitrogens is 2. The number of aliphatic hydroxyl groups is 1. The summed E-state index contributed by atoms with van der Waals surface area (Å²) in [5.41, 5.74) is 0. The highest BCUT2D eigenvalue weighted by atomic mass is 79.9. The number of rotatable bonds is 5. The molecule has 0 spiro atoms. The van der Waals surface area contributed by atoms with Crippen LogP contribution in [0.2, 0.25) is 0 Å². The molecule has 0 amide bonds. The fourth-order valence-electron chi connectivity index (χ4n) is 1.16. The summed E-state index contributed by atoms with van der Waals surface area (Å²) in [4.78, 5) is 5.04. The first-order valence-electron chi connectivity index (χ1n) is 4.73. The third-order valence-corrected chi connectivity index (χ3v) is 4.69. The lowest BCUT2D eigenvalue weighted by Crippen LogP contribution is -2.04. The normalized spacial score (nSPS) is 12.8. The van der Waals surface area contributed by atoms with Gasteiger partial charge in [-0.3, -0.25) is 4.21 Å². The predicted octanol–water partition coefficient (Wildman–Crippen LogP) is 1.80. The number of nitrogens with zero attached hydrogens (tertiary/aromatic N) is 2. The molecule has 92 valence electrons. The summed E-state index contributed by atoms with van der Waals surface area (Å²) in [7, 11) is -1.16. The van der Waals surface area contributed by atoms with Gasteiger partial charge >= 0.3 is 0 Å². The van der Waals surface area contributed by atoms with Crippen LogP contribution in [0, 0.1) is 0 Å². The zero-order valence-electron chi connectivity index (χ0n) is 8.63. The van der Waals surface area contributed by atoms with Crippen molar-refractivity contribution in [1.82, 2.24) is 10.1 Å². The van der Waals surface area contributed by atoms with Crippen LogP contribution in [-0.2, 0) is 16.6 Å². The molecule has 0 aromatic carbocycles. The lowest BCUT2D eigenvalue weighted by molar-refractivity contribution is 0.321. The molecule has 2 rings (SSSR count). The Kier molecular flexibility index (Phi) is 4.43. The van der Waals surface area contributed by atoms with Gasteiger partial charge in [-0.05, 0) is 28.1 Å². The molecule has 2 heterocycles. The summed E-state index contributed by atoms with van der Waals surface area (Å²) in [6, 6.07) is 3.79. The number of hydrogen-bond donors (Lipinski definition) is 1. The fourth-order valence-corrected chi connectivity index (χ4v) is 3.21. The first kappa shape index (κ1) is 12.9. The molecule has 17 heavy (non-hydrogen) atoms. The Bertz CT molecular complexity index is 526. The van der Waals surface area contributed by atoms with E-state index >= 15 is 0 Å². The number of aliphatic hydroxyl groups excluding tert-OH is 1. The summed E-state index contributed by atoms with van der Waals surface area (Å²) in [5.74, 6) is 1.23. The highest BCUT2D eigenvalue weighted by molar-refractivity contribution is 9.11. The highest BCUT2D eigenvalue weighted by Crippen LogP contribution is 2.29. The van der Waals surface area contributed by atoms with Gasteiger partial charge in [-0.2, -0.15) is 4.98 Å². The average Bonchev–Trinajstić information content (AvgIpc) is 2.87. The van der Waals surface area contributed by atoms with E-state index in [4.69, 9.17) is 9.63 Å².